The van der Waals surface area contributed by atoms with Crippen LogP contribution in [0.15, 0.2) is 24.3 Å². The molecule has 0 unspecified atom stereocenters. The second-order valence-electron chi connectivity index (χ2n) is 4.92. The molecule has 106 valence electrons. The van der Waals surface area contributed by atoms with Gasteiger partial charge in [-0.2, -0.15) is 0 Å². The molecule has 2 rings (SSSR count). The number of rotatable bonds is 5. The molecule has 1 aromatic rings. The number of primary amides is 1. The number of anilines is 1. The molecule has 3 N–H and O–H groups in total. The molecule has 1 fully saturated rings. The second-order valence-corrected chi connectivity index (χ2v) is 4.92. The summed E-state index contributed by atoms with van der Waals surface area (Å²) in [5, 5.41) is 2.57. The Morgan fingerprint density at radius 3 is 2.40 bits per heavy atom. The van der Waals surface area contributed by atoms with Crippen molar-refractivity contribution >= 4 is 23.5 Å². The molecule has 6 heteroatoms. The first-order chi connectivity index (χ1) is 9.47. The van der Waals surface area contributed by atoms with Crippen molar-refractivity contribution in [1.82, 2.24) is 0 Å². The third-order valence-electron chi connectivity index (χ3n) is 3.21. The first-order valence-corrected chi connectivity index (χ1v) is 6.33. The third kappa shape index (κ3) is 3.57. The Hall–Kier alpha value is -2.37. The maximum absolute atomic E-state index is 11.6. The number of hydrogen-bond acceptors (Lipinski definition) is 4. The van der Waals surface area contributed by atoms with Crippen LogP contribution in [-0.2, 0) is 14.3 Å². The lowest BCUT2D eigenvalue weighted by molar-refractivity contribution is -0.148. The predicted molar refractivity (Wildman–Crippen MR) is 71.8 cm³/mol. The standard InChI is InChI=1S/C14H16N2O4/c1-8-6-11(8)14(19)20-7-12(17)16-10-4-2-9(3-5-10)13(15)18/h2-5,8,11H,6-7H2,1H3,(H2,15,18)(H,16,17)/t8-,11+/m0/s1. The molecule has 0 heterocycles. The van der Waals surface area contributed by atoms with Gasteiger partial charge in [0.1, 0.15) is 0 Å². The van der Waals surface area contributed by atoms with Gasteiger partial charge in [0.25, 0.3) is 5.91 Å². The molecule has 0 aromatic heterocycles. The number of amides is 2. The van der Waals surface area contributed by atoms with Gasteiger partial charge in [-0.05, 0) is 36.6 Å². The molecule has 2 amide bonds. The number of carbonyl (C=O) groups is 3. The van der Waals surface area contributed by atoms with Gasteiger partial charge in [-0.1, -0.05) is 6.92 Å². The summed E-state index contributed by atoms with van der Waals surface area (Å²) < 4.78 is 4.91. The normalized spacial score (nSPS) is 20.1. The molecule has 20 heavy (non-hydrogen) atoms. The summed E-state index contributed by atoms with van der Waals surface area (Å²) in [6.07, 6.45) is 0.828. The quantitative estimate of drug-likeness (QED) is 0.781. The first-order valence-electron chi connectivity index (χ1n) is 6.33. The Morgan fingerprint density at radius 2 is 1.90 bits per heavy atom. The van der Waals surface area contributed by atoms with Crippen LogP contribution in [-0.4, -0.2) is 24.4 Å². The molecule has 0 saturated heterocycles. The molecule has 0 radical (unpaired) electrons. The molecule has 0 spiro atoms. The second kappa shape index (κ2) is 5.73. The SMILES string of the molecule is C[C@H]1C[C@H]1C(=O)OCC(=O)Nc1ccc(C(N)=O)cc1. The number of ether oxygens (including phenoxy) is 1. The van der Waals surface area contributed by atoms with Crippen LogP contribution in [0, 0.1) is 11.8 Å². The molecule has 2 atom stereocenters. The van der Waals surface area contributed by atoms with Crippen molar-refractivity contribution in [2.75, 3.05) is 11.9 Å². The van der Waals surface area contributed by atoms with E-state index in [-0.39, 0.29) is 18.5 Å². The third-order valence-corrected chi connectivity index (χ3v) is 3.21. The minimum atomic E-state index is -0.532. The summed E-state index contributed by atoms with van der Waals surface area (Å²) in [5.41, 5.74) is 5.98. The van der Waals surface area contributed by atoms with E-state index in [1.165, 1.54) is 12.1 Å². The summed E-state index contributed by atoms with van der Waals surface area (Å²) >= 11 is 0. The summed E-state index contributed by atoms with van der Waals surface area (Å²) in [5.74, 6) is -0.977. The van der Waals surface area contributed by atoms with E-state index in [0.29, 0.717) is 17.2 Å². The van der Waals surface area contributed by atoms with E-state index < -0.39 is 11.8 Å². The number of nitrogens with one attached hydrogen (secondary N) is 1. The Balaban J connectivity index is 1.79. The molecule has 6 nitrogen and oxygen atoms in total. The molecular formula is C14H16N2O4. The van der Waals surface area contributed by atoms with Crippen molar-refractivity contribution in [3.63, 3.8) is 0 Å². The molecule has 1 aliphatic carbocycles. The van der Waals surface area contributed by atoms with Crippen molar-refractivity contribution < 1.29 is 19.1 Å². The monoisotopic (exact) mass is 276 g/mol. The smallest absolute Gasteiger partial charge is 0.309 e. The van der Waals surface area contributed by atoms with Gasteiger partial charge < -0.3 is 15.8 Å². The molecule has 1 aromatic carbocycles. The van der Waals surface area contributed by atoms with Crippen LogP contribution < -0.4 is 11.1 Å². The fourth-order valence-corrected chi connectivity index (χ4v) is 1.81. The van der Waals surface area contributed by atoms with E-state index in [0.717, 1.165) is 6.42 Å². The molecular weight excluding hydrogens is 260 g/mol. The van der Waals surface area contributed by atoms with Gasteiger partial charge >= 0.3 is 5.97 Å². The first kappa shape index (κ1) is 14.0. The summed E-state index contributed by atoms with van der Waals surface area (Å²) in [7, 11) is 0. The highest BCUT2D eigenvalue weighted by atomic mass is 16.5. The average Bonchev–Trinajstić information content (AvgIpc) is 3.14. The topological polar surface area (TPSA) is 98.5 Å². The van der Waals surface area contributed by atoms with Gasteiger partial charge in [-0.25, -0.2) is 0 Å². The van der Waals surface area contributed by atoms with Crippen LogP contribution in [0.2, 0.25) is 0 Å². The van der Waals surface area contributed by atoms with Gasteiger partial charge in [0.15, 0.2) is 6.61 Å². The Bertz CT molecular complexity index is 539. The zero-order valence-corrected chi connectivity index (χ0v) is 11.1. The lowest BCUT2D eigenvalue weighted by Gasteiger charge is -2.06. The zero-order chi connectivity index (χ0) is 14.7. The lowest BCUT2D eigenvalue weighted by Crippen LogP contribution is -2.21. The largest absolute Gasteiger partial charge is 0.455 e. The van der Waals surface area contributed by atoms with Gasteiger partial charge in [-0.3, -0.25) is 14.4 Å². The zero-order valence-electron chi connectivity index (χ0n) is 11.1. The lowest BCUT2D eigenvalue weighted by atomic mass is 10.2. The van der Waals surface area contributed by atoms with Crippen LogP contribution in [0.5, 0.6) is 0 Å². The van der Waals surface area contributed by atoms with Crippen LogP contribution >= 0.6 is 0 Å². The highest BCUT2D eigenvalue weighted by Crippen LogP contribution is 2.38. The van der Waals surface area contributed by atoms with E-state index >= 15 is 0 Å². The number of benzene rings is 1. The molecule has 1 saturated carbocycles. The van der Waals surface area contributed by atoms with Crippen LogP contribution in [0.1, 0.15) is 23.7 Å². The molecule has 0 bridgehead atoms. The van der Waals surface area contributed by atoms with E-state index in [1.54, 1.807) is 12.1 Å². The van der Waals surface area contributed by atoms with Crippen LogP contribution in [0.25, 0.3) is 0 Å². The predicted octanol–water partition coefficient (Wildman–Crippen LogP) is 0.923. The maximum atomic E-state index is 11.6. The number of nitrogens with two attached hydrogens (primary N) is 1. The van der Waals surface area contributed by atoms with E-state index in [1.807, 2.05) is 6.92 Å². The average molecular weight is 276 g/mol. The van der Waals surface area contributed by atoms with Crippen molar-refractivity contribution in [2.45, 2.75) is 13.3 Å². The van der Waals surface area contributed by atoms with E-state index in [4.69, 9.17) is 10.5 Å². The van der Waals surface area contributed by atoms with Crippen molar-refractivity contribution in [2.24, 2.45) is 17.6 Å². The van der Waals surface area contributed by atoms with Gasteiger partial charge in [0.05, 0.1) is 5.92 Å². The van der Waals surface area contributed by atoms with Gasteiger partial charge in [0, 0.05) is 11.3 Å². The van der Waals surface area contributed by atoms with Gasteiger partial charge in [-0.15, -0.1) is 0 Å². The fourth-order valence-electron chi connectivity index (χ4n) is 1.81. The highest BCUT2D eigenvalue weighted by molar-refractivity contribution is 5.95. The Labute approximate surface area is 116 Å². The minimum Gasteiger partial charge on any atom is -0.455 e. The Morgan fingerprint density at radius 1 is 1.30 bits per heavy atom. The number of hydrogen-bond donors (Lipinski definition) is 2. The van der Waals surface area contributed by atoms with Crippen molar-refractivity contribution in [3.8, 4) is 0 Å². The van der Waals surface area contributed by atoms with Crippen LogP contribution in [0.4, 0.5) is 5.69 Å². The Kier molecular flexibility index (Phi) is 4.02. The van der Waals surface area contributed by atoms with Crippen molar-refractivity contribution in [1.29, 1.82) is 0 Å². The minimum absolute atomic E-state index is 0.0577. The van der Waals surface area contributed by atoms with E-state index in [2.05, 4.69) is 5.32 Å². The summed E-state index contributed by atoms with van der Waals surface area (Å²) in [6, 6.07) is 6.14. The van der Waals surface area contributed by atoms with Crippen LogP contribution in [0.3, 0.4) is 0 Å². The molecule has 0 aliphatic heterocycles. The number of carbonyl (C=O) groups excluding carboxylic acids is 3. The fraction of sp³-hybridized carbons (Fsp3) is 0.357. The highest BCUT2D eigenvalue weighted by Gasteiger charge is 2.40. The van der Waals surface area contributed by atoms with E-state index in [9.17, 15) is 14.4 Å². The molecule has 1 aliphatic rings. The van der Waals surface area contributed by atoms with Gasteiger partial charge in [0.2, 0.25) is 5.91 Å². The summed E-state index contributed by atoms with van der Waals surface area (Å²) in [6.45, 7) is 1.66. The summed E-state index contributed by atoms with van der Waals surface area (Å²) in [4.78, 5) is 33.9. The van der Waals surface area contributed by atoms with Crippen molar-refractivity contribution in [3.05, 3.63) is 29.8 Å². The number of esters is 1. The maximum Gasteiger partial charge on any atom is 0.309 e.